The van der Waals surface area contributed by atoms with Gasteiger partial charge in [-0.15, -0.1) is 19.6 Å². The number of halogens is 4. The van der Waals surface area contributed by atoms with Gasteiger partial charge in [-0.05, 0) is 24.3 Å². The predicted molar refractivity (Wildman–Crippen MR) is 66.5 cm³/mol. The van der Waals surface area contributed by atoms with Crippen molar-refractivity contribution in [2.75, 3.05) is 0 Å². The van der Waals surface area contributed by atoms with Gasteiger partial charge in [0.05, 0.1) is 0 Å². The fourth-order valence-electron chi connectivity index (χ4n) is 1.72. The van der Waals surface area contributed by atoms with E-state index >= 15 is 0 Å². The standard InChI is InChI=1S/C15H8F4O/c1-2-10-7-8-13(16)12(9-10)11-5-3-4-6-14(11)20-15(17,18)19/h1,3-9H. The molecule has 0 amide bonds. The average molecular weight is 280 g/mol. The zero-order valence-electron chi connectivity index (χ0n) is 10.0. The number of ether oxygens (including phenoxy) is 1. The zero-order chi connectivity index (χ0) is 14.8. The van der Waals surface area contributed by atoms with Crippen molar-refractivity contribution in [3.63, 3.8) is 0 Å². The van der Waals surface area contributed by atoms with E-state index in [0.717, 1.165) is 12.1 Å². The van der Waals surface area contributed by atoms with Crippen molar-refractivity contribution in [2.45, 2.75) is 6.36 Å². The molecule has 0 aliphatic rings. The Balaban J connectivity index is 2.56. The van der Waals surface area contributed by atoms with E-state index in [1.165, 1.54) is 30.3 Å². The Morgan fingerprint density at radius 2 is 1.70 bits per heavy atom. The van der Waals surface area contributed by atoms with Crippen molar-refractivity contribution in [3.05, 3.63) is 53.8 Å². The lowest BCUT2D eigenvalue weighted by atomic mass is 10.0. The summed E-state index contributed by atoms with van der Waals surface area (Å²) in [6.45, 7) is 0. The van der Waals surface area contributed by atoms with Gasteiger partial charge in [0, 0.05) is 16.7 Å². The Bertz CT molecular complexity index is 668. The van der Waals surface area contributed by atoms with Crippen molar-refractivity contribution in [2.24, 2.45) is 0 Å². The summed E-state index contributed by atoms with van der Waals surface area (Å²) < 4.78 is 54.7. The maximum absolute atomic E-state index is 13.8. The number of alkyl halides is 3. The summed E-state index contributed by atoms with van der Waals surface area (Å²) in [4.78, 5) is 0. The van der Waals surface area contributed by atoms with E-state index < -0.39 is 17.9 Å². The lowest BCUT2D eigenvalue weighted by molar-refractivity contribution is -0.274. The number of para-hydroxylation sites is 1. The van der Waals surface area contributed by atoms with E-state index in [4.69, 9.17) is 6.42 Å². The second-order valence-electron chi connectivity index (χ2n) is 3.88. The van der Waals surface area contributed by atoms with Crippen LogP contribution in [0.25, 0.3) is 11.1 Å². The molecule has 0 spiro atoms. The minimum Gasteiger partial charge on any atom is -0.405 e. The highest BCUT2D eigenvalue weighted by Crippen LogP contribution is 2.35. The third-order valence-electron chi connectivity index (χ3n) is 2.54. The lowest BCUT2D eigenvalue weighted by Crippen LogP contribution is -2.17. The SMILES string of the molecule is C#Cc1ccc(F)c(-c2ccccc2OC(F)(F)F)c1. The van der Waals surface area contributed by atoms with Crippen LogP contribution in [-0.4, -0.2) is 6.36 Å². The fourth-order valence-corrected chi connectivity index (χ4v) is 1.72. The zero-order valence-corrected chi connectivity index (χ0v) is 10.0. The molecule has 0 atom stereocenters. The van der Waals surface area contributed by atoms with E-state index in [1.807, 2.05) is 0 Å². The molecule has 102 valence electrons. The molecule has 2 aromatic carbocycles. The van der Waals surface area contributed by atoms with Gasteiger partial charge in [-0.25, -0.2) is 4.39 Å². The van der Waals surface area contributed by atoms with Crippen molar-refractivity contribution in [1.82, 2.24) is 0 Å². The van der Waals surface area contributed by atoms with Crippen LogP contribution in [0.2, 0.25) is 0 Å². The first kappa shape index (κ1) is 13.9. The molecule has 0 saturated heterocycles. The monoisotopic (exact) mass is 280 g/mol. The molecule has 0 aliphatic carbocycles. The summed E-state index contributed by atoms with van der Waals surface area (Å²) in [7, 11) is 0. The third kappa shape index (κ3) is 3.09. The summed E-state index contributed by atoms with van der Waals surface area (Å²) >= 11 is 0. The van der Waals surface area contributed by atoms with Crippen LogP contribution in [-0.2, 0) is 0 Å². The molecule has 5 heteroatoms. The highest BCUT2D eigenvalue weighted by molar-refractivity contribution is 5.72. The Morgan fingerprint density at radius 3 is 2.35 bits per heavy atom. The van der Waals surface area contributed by atoms with Gasteiger partial charge in [0.2, 0.25) is 0 Å². The molecule has 0 heterocycles. The van der Waals surface area contributed by atoms with Gasteiger partial charge in [0.1, 0.15) is 11.6 Å². The van der Waals surface area contributed by atoms with Crippen LogP contribution in [0.15, 0.2) is 42.5 Å². The lowest BCUT2D eigenvalue weighted by Gasteiger charge is -2.13. The highest BCUT2D eigenvalue weighted by atomic mass is 19.4. The molecular weight excluding hydrogens is 272 g/mol. The van der Waals surface area contributed by atoms with Crippen molar-refractivity contribution >= 4 is 0 Å². The van der Waals surface area contributed by atoms with Crippen LogP contribution in [0.4, 0.5) is 17.6 Å². The van der Waals surface area contributed by atoms with Crippen LogP contribution < -0.4 is 4.74 Å². The van der Waals surface area contributed by atoms with E-state index in [-0.39, 0.29) is 11.1 Å². The van der Waals surface area contributed by atoms with Gasteiger partial charge in [0.15, 0.2) is 0 Å². The number of terminal acetylenes is 1. The van der Waals surface area contributed by atoms with Crippen LogP contribution in [0.5, 0.6) is 5.75 Å². The Hall–Kier alpha value is -2.48. The molecule has 20 heavy (non-hydrogen) atoms. The molecule has 0 aromatic heterocycles. The first-order valence-electron chi connectivity index (χ1n) is 5.52. The van der Waals surface area contributed by atoms with Crippen LogP contribution in [0, 0.1) is 18.2 Å². The molecule has 0 bridgehead atoms. The predicted octanol–water partition coefficient (Wildman–Crippen LogP) is 4.37. The molecule has 0 saturated carbocycles. The first-order valence-corrected chi connectivity index (χ1v) is 5.52. The first-order chi connectivity index (χ1) is 9.40. The van der Waals surface area contributed by atoms with Crippen molar-refractivity contribution < 1.29 is 22.3 Å². The average Bonchev–Trinajstić information content (AvgIpc) is 2.38. The summed E-state index contributed by atoms with van der Waals surface area (Å²) in [5, 5.41) is 0. The second-order valence-corrected chi connectivity index (χ2v) is 3.88. The summed E-state index contributed by atoms with van der Waals surface area (Å²) in [5.74, 6) is 1.15. The van der Waals surface area contributed by atoms with E-state index in [9.17, 15) is 17.6 Å². The van der Waals surface area contributed by atoms with Gasteiger partial charge < -0.3 is 4.74 Å². The smallest absolute Gasteiger partial charge is 0.405 e. The van der Waals surface area contributed by atoms with E-state index in [0.29, 0.717) is 5.56 Å². The Kier molecular flexibility index (Phi) is 3.66. The Morgan fingerprint density at radius 1 is 1.00 bits per heavy atom. The molecule has 2 rings (SSSR count). The number of hydrogen-bond acceptors (Lipinski definition) is 1. The molecule has 1 nitrogen and oxygen atoms in total. The summed E-state index contributed by atoms with van der Waals surface area (Å²) in [6, 6.07) is 9.08. The van der Waals surface area contributed by atoms with Crippen LogP contribution in [0.1, 0.15) is 5.56 Å². The van der Waals surface area contributed by atoms with Crippen LogP contribution in [0.3, 0.4) is 0 Å². The van der Waals surface area contributed by atoms with Crippen molar-refractivity contribution in [3.8, 4) is 29.2 Å². The Labute approximate surface area is 112 Å². The number of benzene rings is 2. The molecule has 0 radical (unpaired) electrons. The number of hydrogen-bond donors (Lipinski definition) is 0. The van der Waals surface area contributed by atoms with Gasteiger partial charge in [0.25, 0.3) is 0 Å². The maximum Gasteiger partial charge on any atom is 0.573 e. The van der Waals surface area contributed by atoms with E-state index in [1.54, 1.807) is 0 Å². The second kappa shape index (κ2) is 5.25. The molecule has 0 fully saturated rings. The highest BCUT2D eigenvalue weighted by Gasteiger charge is 2.32. The molecule has 0 aliphatic heterocycles. The quantitative estimate of drug-likeness (QED) is 0.586. The molecule has 0 N–H and O–H groups in total. The minimum absolute atomic E-state index is 0.0144. The van der Waals surface area contributed by atoms with Gasteiger partial charge in [-0.1, -0.05) is 24.1 Å². The molecule has 0 unspecified atom stereocenters. The van der Waals surface area contributed by atoms with Crippen molar-refractivity contribution in [1.29, 1.82) is 0 Å². The fraction of sp³-hybridized carbons (Fsp3) is 0.0667. The molecular formula is C15H8F4O. The van der Waals surface area contributed by atoms with Gasteiger partial charge in [-0.2, -0.15) is 0 Å². The topological polar surface area (TPSA) is 9.23 Å². The minimum atomic E-state index is -4.85. The normalized spacial score (nSPS) is 10.9. The van der Waals surface area contributed by atoms with Gasteiger partial charge >= 0.3 is 6.36 Å². The molecule has 2 aromatic rings. The number of rotatable bonds is 2. The largest absolute Gasteiger partial charge is 0.573 e. The summed E-state index contributed by atoms with van der Waals surface area (Å²) in [5.41, 5.74) is 0.308. The third-order valence-corrected chi connectivity index (χ3v) is 2.54. The van der Waals surface area contributed by atoms with Gasteiger partial charge in [-0.3, -0.25) is 0 Å². The van der Waals surface area contributed by atoms with E-state index in [2.05, 4.69) is 10.7 Å². The summed E-state index contributed by atoms with van der Waals surface area (Å²) in [6.07, 6.45) is 0.352. The van der Waals surface area contributed by atoms with Crippen LogP contribution >= 0.6 is 0 Å². The maximum atomic E-state index is 13.8.